The largest absolute Gasteiger partial charge is 0.494 e. The summed E-state index contributed by atoms with van der Waals surface area (Å²) in [6, 6.07) is 10.3. The monoisotopic (exact) mass is 558 g/mol. The van der Waals surface area contributed by atoms with E-state index < -0.39 is 11.6 Å². The van der Waals surface area contributed by atoms with E-state index in [0.29, 0.717) is 16.5 Å². The van der Waals surface area contributed by atoms with E-state index in [2.05, 4.69) is 0 Å². The van der Waals surface area contributed by atoms with Gasteiger partial charge in [0.2, 0.25) is 0 Å². The Labute approximate surface area is 228 Å². The van der Waals surface area contributed by atoms with Gasteiger partial charge in [-0.25, -0.2) is 9.78 Å². The number of thioether (sulfide) groups is 1. The highest BCUT2D eigenvalue weighted by atomic mass is 35.5. The summed E-state index contributed by atoms with van der Waals surface area (Å²) in [5.41, 5.74) is 3.03. The standard InChI is InChI=1S/C27H27ClN2O5S2/c1-27(2,3)35-22(33)13-34-16-6-4-15(5-7-16)23-24-17-10-11-36-14-19(17)37-26(24)29-18(25(23)28)12-30-20(31)8-9-21(30)32/h4-9,31-32H,10-14H2,1-3H3. The van der Waals surface area contributed by atoms with E-state index in [0.717, 1.165) is 39.3 Å². The third-order valence-electron chi connectivity index (χ3n) is 5.92. The predicted molar refractivity (Wildman–Crippen MR) is 148 cm³/mol. The van der Waals surface area contributed by atoms with E-state index in [4.69, 9.17) is 26.1 Å². The maximum Gasteiger partial charge on any atom is 0.344 e. The highest BCUT2D eigenvalue weighted by molar-refractivity contribution is 7.98. The van der Waals surface area contributed by atoms with Crippen LogP contribution in [0.5, 0.6) is 17.5 Å². The molecule has 0 spiro atoms. The summed E-state index contributed by atoms with van der Waals surface area (Å²) in [5.74, 6) is 1.97. The van der Waals surface area contributed by atoms with Gasteiger partial charge in [0.25, 0.3) is 0 Å². The number of pyridine rings is 1. The molecule has 1 aromatic carbocycles. The van der Waals surface area contributed by atoms with Gasteiger partial charge in [0.05, 0.1) is 17.3 Å². The molecule has 0 radical (unpaired) electrons. The van der Waals surface area contributed by atoms with E-state index in [1.54, 1.807) is 23.5 Å². The Morgan fingerprint density at radius 3 is 2.51 bits per heavy atom. The molecular weight excluding hydrogens is 532 g/mol. The van der Waals surface area contributed by atoms with E-state index in [1.807, 2.05) is 44.7 Å². The van der Waals surface area contributed by atoms with Crippen LogP contribution in [-0.4, -0.2) is 43.7 Å². The Bertz CT molecular complexity index is 1450. The Kier molecular flexibility index (Phi) is 7.04. The average Bonchev–Trinajstić information content (AvgIpc) is 3.37. The van der Waals surface area contributed by atoms with Crippen molar-refractivity contribution in [1.29, 1.82) is 0 Å². The van der Waals surface area contributed by atoms with Gasteiger partial charge < -0.3 is 19.7 Å². The van der Waals surface area contributed by atoms with Crippen LogP contribution in [0.3, 0.4) is 0 Å². The van der Waals surface area contributed by atoms with Gasteiger partial charge in [-0.3, -0.25) is 4.57 Å². The van der Waals surface area contributed by atoms with Crippen LogP contribution >= 0.6 is 34.7 Å². The molecule has 0 amide bonds. The molecule has 37 heavy (non-hydrogen) atoms. The van der Waals surface area contributed by atoms with Crippen LogP contribution in [0.4, 0.5) is 0 Å². The van der Waals surface area contributed by atoms with Crippen LogP contribution in [0.2, 0.25) is 5.02 Å². The van der Waals surface area contributed by atoms with Gasteiger partial charge >= 0.3 is 5.97 Å². The predicted octanol–water partition coefficient (Wildman–Crippen LogP) is 6.39. The SMILES string of the molecule is CC(C)(C)OC(=O)COc1ccc(-c2c(Cl)c(Cn3c(O)ccc3O)nc3sc4c(c23)CCSC4)cc1. The molecule has 0 bridgehead atoms. The Hall–Kier alpha value is -2.88. The van der Waals surface area contributed by atoms with Crippen molar-refractivity contribution in [3.8, 4) is 28.6 Å². The van der Waals surface area contributed by atoms with Gasteiger partial charge in [0.15, 0.2) is 18.4 Å². The molecule has 194 valence electrons. The van der Waals surface area contributed by atoms with Gasteiger partial charge in [-0.1, -0.05) is 23.7 Å². The Morgan fingerprint density at radius 1 is 1.14 bits per heavy atom. The highest BCUT2D eigenvalue weighted by Gasteiger charge is 2.25. The molecule has 0 fully saturated rings. The normalized spacial score (nSPS) is 13.5. The number of hydrogen-bond acceptors (Lipinski definition) is 8. The van der Waals surface area contributed by atoms with Crippen molar-refractivity contribution in [3.05, 3.63) is 57.6 Å². The minimum Gasteiger partial charge on any atom is -0.494 e. The number of aryl methyl sites for hydroxylation is 1. The number of rotatable bonds is 6. The molecule has 0 aliphatic carbocycles. The number of thiophene rings is 1. The molecule has 0 saturated heterocycles. The number of benzene rings is 1. The minimum absolute atomic E-state index is 0.0645. The third kappa shape index (κ3) is 5.39. The van der Waals surface area contributed by atoms with Crippen molar-refractivity contribution >= 4 is 50.9 Å². The minimum atomic E-state index is -0.572. The first kappa shape index (κ1) is 25.8. The first-order valence-electron chi connectivity index (χ1n) is 11.8. The van der Waals surface area contributed by atoms with Crippen molar-refractivity contribution in [3.63, 3.8) is 0 Å². The number of hydrogen-bond donors (Lipinski definition) is 2. The molecule has 1 aliphatic heterocycles. The fourth-order valence-corrected chi connectivity index (χ4v) is 7.03. The zero-order valence-corrected chi connectivity index (χ0v) is 23.1. The molecule has 1 aliphatic rings. The summed E-state index contributed by atoms with van der Waals surface area (Å²) < 4.78 is 12.3. The molecule has 10 heteroatoms. The fourth-order valence-electron chi connectivity index (χ4n) is 4.35. The summed E-state index contributed by atoms with van der Waals surface area (Å²) >= 11 is 10.6. The van der Waals surface area contributed by atoms with Gasteiger partial charge in [0, 0.05) is 33.7 Å². The molecule has 3 aromatic heterocycles. The Balaban J connectivity index is 1.53. The zero-order chi connectivity index (χ0) is 26.3. The molecule has 4 heterocycles. The van der Waals surface area contributed by atoms with E-state index >= 15 is 0 Å². The number of fused-ring (bicyclic) bond motifs is 3. The third-order valence-corrected chi connectivity index (χ3v) is 8.62. The number of ether oxygens (including phenoxy) is 2. The van der Waals surface area contributed by atoms with Crippen LogP contribution in [0.15, 0.2) is 36.4 Å². The summed E-state index contributed by atoms with van der Waals surface area (Å²) in [6.45, 7) is 5.39. The fraction of sp³-hybridized carbons (Fsp3) is 0.333. The zero-order valence-electron chi connectivity index (χ0n) is 20.7. The molecular formula is C27H27ClN2O5S2. The highest BCUT2D eigenvalue weighted by Crippen LogP contribution is 2.46. The second kappa shape index (κ2) is 10.1. The smallest absolute Gasteiger partial charge is 0.344 e. The molecule has 7 nitrogen and oxygen atoms in total. The average molecular weight is 559 g/mol. The number of nitrogens with zero attached hydrogens (tertiary/aromatic N) is 2. The molecule has 4 aromatic rings. The number of esters is 1. The van der Waals surface area contributed by atoms with Crippen LogP contribution in [0.1, 0.15) is 36.9 Å². The first-order chi connectivity index (χ1) is 17.6. The summed E-state index contributed by atoms with van der Waals surface area (Å²) in [6.07, 6.45) is 0.945. The quantitative estimate of drug-likeness (QED) is 0.265. The molecule has 2 N–H and O–H groups in total. The van der Waals surface area contributed by atoms with Crippen LogP contribution in [0.25, 0.3) is 21.3 Å². The van der Waals surface area contributed by atoms with Crippen molar-refractivity contribution in [1.82, 2.24) is 9.55 Å². The number of carbonyl (C=O) groups excluding carboxylic acids is 1. The van der Waals surface area contributed by atoms with Crippen molar-refractivity contribution in [2.24, 2.45) is 0 Å². The van der Waals surface area contributed by atoms with Gasteiger partial charge in [-0.05, 0) is 56.2 Å². The van der Waals surface area contributed by atoms with Crippen molar-refractivity contribution in [2.45, 2.75) is 45.1 Å². The lowest BCUT2D eigenvalue weighted by atomic mass is 9.97. The second-order valence-corrected chi connectivity index (χ2v) is 12.3. The maximum absolute atomic E-state index is 12.0. The lowest BCUT2D eigenvalue weighted by molar-refractivity contribution is -0.157. The number of carbonyl (C=O) groups is 1. The summed E-state index contributed by atoms with van der Waals surface area (Å²) in [7, 11) is 0. The first-order valence-corrected chi connectivity index (χ1v) is 14.2. The molecule has 5 rings (SSSR count). The lowest BCUT2D eigenvalue weighted by Gasteiger charge is -2.19. The van der Waals surface area contributed by atoms with Crippen LogP contribution in [-0.2, 0) is 28.2 Å². The topological polar surface area (TPSA) is 93.8 Å². The van der Waals surface area contributed by atoms with E-state index in [1.165, 1.54) is 27.1 Å². The van der Waals surface area contributed by atoms with Crippen molar-refractivity contribution in [2.75, 3.05) is 12.4 Å². The van der Waals surface area contributed by atoms with Gasteiger partial charge in [0.1, 0.15) is 16.2 Å². The summed E-state index contributed by atoms with van der Waals surface area (Å²) in [4.78, 5) is 19.1. The van der Waals surface area contributed by atoms with Gasteiger partial charge in [-0.15, -0.1) is 11.3 Å². The van der Waals surface area contributed by atoms with E-state index in [-0.39, 0.29) is 24.9 Å². The maximum atomic E-state index is 12.0. The second-order valence-electron chi connectivity index (χ2n) is 9.77. The molecule has 0 saturated carbocycles. The Morgan fingerprint density at radius 2 is 1.84 bits per heavy atom. The van der Waals surface area contributed by atoms with E-state index in [9.17, 15) is 15.0 Å². The van der Waals surface area contributed by atoms with Crippen LogP contribution < -0.4 is 4.74 Å². The lowest BCUT2D eigenvalue weighted by Crippen LogP contribution is -2.27. The summed E-state index contributed by atoms with van der Waals surface area (Å²) in [5, 5.41) is 21.9. The number of halogens is 1. The number of aromatic nitrogens is 2. The molecule has 0 atom stereocenters. The number of aromatic hydroxyl groups is 2. The van der Waals surface area contributed by atoms with Crippen molar-refractivity contribution < 1.29 is 24.5 Å². The van der Waals surface area contributed by atoms with Gasteiger partial charge in [-0.2, -0.15) is 11.8 Å². The van der Waals surface area contributed by atoms with Crippen LogP contribution in [0, 0.1) is 0 Å². The molecule has 0 unspecified atom stereocenters.